The van der Waals surface area contributed by atoms with E-state index in [1.165, 1.54) is 0 Å². The standard InChI is InChI=1S/C11H20N2O2/c1-4-6-10(9-12)11(14)13(3)7-8-15-5-2/h10H,4-8H2,1-3H3. The summed E-state index contributed by atoms with van der Waals surface area (Å²) in [5.41, 5.74) is 0. The van der Waals surface area contributed by atoms with Crippen molar-refractivity contribution < 1.29 is 9.53 Å². The van der Waals surface area contributed by atoms with Crippen LogP contribution in [0.3, 0.4) is 0 Å². The molecule has 0 aliphatic carbocycles. The highest BCUT2D eigenvalue weighted by Gasteiger charge is 2.20. The summed E-state index contributed by atoms with van der Waals surface area (Å²) in [5, 5.41) is 8.82. The van der Waals surface area contributed by atoms with Crippen LogP contribution in [-0.4, -0.2) is 37.6 Å². The lowest BCUT2D eigenvalue weighted by Crippen LogP contribution is -2.34. The normalized spacial score (nSPS) is 11.9. The Bertz CT molecular complexity index is 223. The van der Waals surface area contributed by atoms with Gasteiger partial charge in [0.1, 0.15) is 5.92 Å². The van der Waals surface area contributed by atoms with Crippen LogP contribution in [0.2, 0.25) is 0 Å². The summed E-state index contributed by atoms with van der Waals surface area (Å²) in [4.78, 5) is 13.3. The number of nitriles is 1. The number of carbonyl (C=O) groups is 1. The molecule has 0 saturated heterocycles. The van der Waals surface area contributed by atoms with E-state index < -0.39 is 5.92 Å². The molecule has 0 N–H and O–H groups in total. The van der Waals surface area contributed by atoms with E-state index in [2.05, 4.69) is 0 Å². The number of hydrogen-bond acceptors (Lipinski definition) is 3. The summed E-state index contributed by atoms with van der Waals surface area (Å²) < 4.78 is 5.15. The van der Waals surface area contributed by atoms with E-state index in [-0.39, 0.29) is 5.91 Å². The summed E-state index contributed by atoms with van der Waals surface area (Å²) in [6, 6.07) is 2.04. The Morgan fingerprint density at radius 2 is 2.20 bits per heavy atom. The summed E-state index contributed by atoms with van der Waals surface area (Å²) in [5.74, 6) is -0.597. The van der Waals surface area contributed by atoms with Gasteiger partial charge >= 0.3 is 0 Å². The Morgan fingerprint density at radius 3 is 2.67 bits per heavy atom. The summed E-state index contributed by atoms with van der Waals surface area (Å²) in [7, 11) is 1.71. The van der Waals surface area contributed by atoms with E-state index >= 15 is 0 Å². The fraction of sp³-hybridized carbons (Fsp3) is 0.818. The van der Waals surface area contributed by atoms with Gasteiger partial charge in [0.05, 0.1) is 12.7 Å². The fourth-order valence-corrected chi connectivity index (χ4v) is 1.25. The smallest absolute Gasteiger partial charge is 0.239 e. The zero-order valence-electron chi connectivity index (χ0n) is 9.82. The van der Waals surface area contributed by atoms with E-state index in [0.29, 0.717) is 26.2 Å². The quantitative estimate of drug-likeness (QED) is 0.600. The minimum absolute atomic E-state index is 0.0981. The molecule has 0 heterocycles. The van der Waals surface area contributed by atoms with Crippen molar-refractivity contribution in [2.45, 2.75) is 26.7 Å². The molecule has 0 aliphatic heterocycles. The number of likely N-dealkylation sites (N-methyl/N-ethyl adjacent to an activating group) is 1. The fourth-order valence-electron chi connectivity index (χ4n) is 1.25. The van der Waals surface area contributed by atoms with Crippen LogP contribution in [0.15, 0.2) is 0 Å². The van der Waals surface area contributed by atoms with E-state index in [9.17, 15) is 4.79 Å². The SMILES string of the molecule is CCCC(C#N)C(=O)N(C)CCOCC. The van der Waals surface area contributed by atoms with Crippen molar-refractivity contribution in [2.75, 3.05) is 26.8 Å². The Kier molecular flexibility index (Phi) is 7.65. The van der Waals surface area contributed by atoms with Crippen molar-refractivity contribution in [3.63, 3.8) is 0 Å². The van der Waals surface area contributed by atoms with Crippen LogP contribution in [0.1, 0.15) is 26.7 Å². The molecule has 0 spiro atoms. The van der Waals surface area contributed by atoms with Gasteiger partial charge in [-0.3, -0.25) is 4.79 Å². The number of hydrogen-bond donors (Lipinski definition) is 0. The molecule has 86 valence electrons. The average Bonchev–Trinajstić information content (AvgIpc) is 2.25. The first kappa shape index (κ1) is 13.9. The van der Waals surface area contributed by atoms with E-state index in [4.69, 9.17) is 10.00 Å². The van der Waals surface area contributed by atoms with Gasteiger partial charge in [-0.15, -0.1) is 0 Å². The van der Waals surface area contributed by atoms with E-state index in [0.717, 1.165) is 6.42 Å². The van der Waals surface area contributed by atoms with Crippen LogP contribution in [0.5, 0.6) is 0 Å². The molecule has 1 atom stereocenters. The van der Waals surface area contributed by atoms with Gasteiger partial charge in [0, 0.05) is 20.2 Å². The van der Waals surface area contributed by atoms with Crippen LogP contribution >= 0.6 is 0 Å². The number of nitrogens with zero attached hydrogens (tertiary/aromatic N) is 2. The highest BCUT2D eigenvalue weighted by Crippen LogP contribution is 2.08. The van der Waals surface area contributed by atoms with Gasteiger partial charge in [-0.1, -0.05) is 13.3 Å². The van der Waals surface area contributed by atoms with Crippen molar-refractivity contribution in [1.29, 1.82) is 5.26 Å². The van der Waals surface area contributed by atoms with Crippen molar-refractivity contribution in [2.24, 2.45) is 5.92 Å². The molecule has 15 heavy (non-hydrogen) atoms. The third kappa shape index (κ3) is 5.38. The highest BCUT2D eigenvalue weighted by atomic mass is 16.5. The number of amides is 1. The molecule has 0 aromatic carbocycles. The molecule has 1 unspecified atom stereocenters. The zero-order chi connectivity index (χ0) is 11.7. The lowest BCUT2D eigenvalue weighted by atomic mass is 10.0. The molecule has 0 bridgehead atoms. The molecular weight excluding hydrogens is 192 g/mol. The molecule has 0 aromatic heterocycles. The van der Waals surface area contributed by atoms with Crippen LogP contribution < -0.4 is 0 Å². The van der Waals surface area contributed by atoms with Crippen LogP contribution in [-0.2, 0) is 9.53 Å². The van der Waals surface area contributed by atoms with Gasteiger partial charge in [-0.25, -0.2) is 0 Å². The topological polar surface area (TPSA) is 53.3 Å². The molecule has 0 radical (unpaired) electrons. The molecule has 0 aliphatic rings. The van der Waals surface area contributed by atoms with Crippen molar-refractivity contribution >= 4 is 5.91 Å². The first-order chi connectivity index (χ1) is 7.17. The zero-order valence-corrected chi connectivity index (χ0v) is 9.82. The summed E-state index contributed by atoms with van der Waals surface area (Å²) in [6.07, 6.45) is 1.48. The predicted octanol–water partition coefficient (Wildman–Crippen LogP) is 1.42. The number of ether oxygens (including phenoxy) is 1. The molecule has 4 heteroatoms. The molecule has 0 aromatic rings. The molecular formula is C11H20N2O2. The van der Waals surface area contributed by atoms with Crippen LogP contribution in [0.4, 0.5) is 0 Å². The van der Waals surface area contributed by atoms with Gasteiger partial charge < -0.3 is 9.64 Å². The summed E-state index contributed by atoms with van der Waals surface area (Å²) in [6.45, 7) is 5.62. The molecule has 0 rings (SSSR count). The first-order valence-electron chi connectivity index (χ1n) is 5.39. The van der Waals surface area contributed by atoms with E-state index in [1.54, 1.807) is 11.9 Å². The van der Waals surface area contributed by atoms with Crippen molar-refractivity contribution in [1.82, 2.24) is 4.90 Å². The minimum Gasteiger partial charge on any atom is -0.380 e. The van der Waals surface area contributed by atoms with E-state index in [1.807, 2.05) is 19.9 Å². The van der Waals surface area contributed by atoms with Crippen LogP contribution in [0, 0.1) is 17.2 Å². The Hall–Kier alpha value is -1.08. The second-order valence-electron chi connectivity index (χ2n) is 3.43. The second kappa shape index (κ2) is 8.25. The first-order valence-corrected chi connectivity index (χ1v) is 5.39. The highest BCUT2D eigenvalue weighted by molar-refractivity contribution is 5.80. The minimum atomic E-state index is -0.498. The van der Waals surface area contributed by atoms with Gasteiger partial charge in [0.2, 0.25) is 5.91 Å². The maximum Gasteiger partial charge on any atom is 0.239 e. The van der Waals surface area contributed by atoms with Crippen molar-refractivity contribution in [3.05, 3.63) is 0 Å². The molecule has 4 nitrogen and oxygen atoms in total. The van der Waals surface area contributed by atoms with Gasteiger partial charge in [0.15, 0.2) is 0 Å². The van der Waals surface area contributed by atoms with Gasteiger partial charge in [-0.2, -0.15) is 5.26 Å². The lowest BCUT2D eigenvalue weighted by molar-refractivity contribution is -0.133. The third-order valence-electron chi connectivity index (χ3n) is 2.18. The number of rotatable bonds is 7. The Balaban J connectivity index is 4.00. The molecule has 0 fully saturated rings. The third-order valence-corrected chi connectivity index (χ3v) is 2.18. The van der Waals surface area contributed by atoms with Gasteiger partial charge in [0.25, 0.3) is 0 Å². The van der Waals surface area contributed by atoms with Gasteiger partial charge in [-0.05, 0) is 13.3 Å². The number of carbonyl (C=O) groups excluding carboxylic acids is 1. The largest absolute Gasteiger partial charge is 0.380 e. The monoisotopic (exact) mass is 212 g/mol. The second-order valence-corrected chi connectivity index (χ2v) is 3.43. The Morgan fingerprint density at radius 1 is 1.53 bits per heavy atom. The predicted molar refractivity (Wildman–Crippen MR) is 58.1 cm³/mol. The summed E-state index contributed by atoms with van der Waals surface area (Å²) >= 11 is 0. The maximum atomic E-state index is 11.7. The average molecular weight is 212 g/mol. The Labute approximate surface area is 91.8 Å². The molecule has 1 amide bonds. The lowest BCUT2D eigenvalue weighted by Gasteiger charge is -2.19. The molecule has 0 saturated carbocycles. The van der Waals surface area contributed by atoms with Crippen molar-refractivity contribution in [3.8, 4) is 6.07 Å². The maximum absolute atomic E-state index is 11.7. The van der Waals surface area contributed by atoms with Crippen LogP contribution in [0.25, 0.3) is 0 Å².